The summed E-state index contributed by atoms with van der Waals surface area (Å²) in [5, 5.41) is 10.4. The molecule has 0 aliphatic heterocycles. The van der Waals surface area contributed by atoms with Crippen LogP contribution in [0.1, 0.15) is 36.1 Å². The second kappa shape index (κ2) is 7.81. The molecule has 0 aliphatic rings. The molecule has 1 atom stereocenters. The molecule has 0 spiro atoms. The van der Waals surface area contributed by atoms with Gasteiger partial charge in [-0.25, -0.2) is 0 Å². The fourth-order valence-corrected chi connectivity index (χ4v) is 2.12. The highest BCUT2D eigenvalue weighted by molar-refractivity contribution is 5.35. The maximum absolute atomic E-state index is 10.4. The van der Waals surface area contributed by atoms with Crippen molar-refractivity contribution in [3.63, 3.8) is 0 Å². The average Bonchev–Trinajstić information content (AvgIpc) is 2.54. The minimum Gasteiger partial charge on any atom is -0.494 e. The van der Waals surface area contributed by atoms with E-state index < -0.39 is 6.10 Å². The van der Waals surface area contributed by atoms with Crippen molar-refractivity contribution in [2.45, 2.75) is 26.1 Å². The van der Waals surface area contributed by atoms with E-state index in [1.807, 2.05) is 48.5 Å². The second-order valence-corrected chi connectivity index (χ2v) is 4.99. The zero-order valence-electron chi connectivity index (χ0n) is 12.6. The highest BCUT2D eigenvalue weighted by atomic mass is 16.5. The summed E-state index contributed by atoms with van der Waals surface area (Å²) in [5.41, 5.74) is 2.83. The van der Waals surface area contributed by atoms with E-state index in [-0.39, 0.29) is 0 Å². The molecule has 2 rings (SSSR count). The summed E-state index contributed by atoms with van der Waals surface area (Å²) in [6.07, 6.45) is 0.361. The molecule has 1 N–H and O–H groups in total. The Morgan fingerprint density at radius 1 is 0.952 bits per heavy atom. The number of aliphatic hydroxyl groups is 1. The number of hydrogen-bond donors (Lipinski definition) is 1. The molecule has 1 unspecified atom stereocenters. The lowest BCUT2D eigenvalue weighted by atomic mass is 10.0. The van der Waals surface area contributed by atoms with Crippen LogP contribution in [0.25, 0.3) is 0 Å². The number of aliphatic hydroxyl groups excluding tert-OH is 1. The van der Waals surface area contributed by atoms with Crippen LogP contribution in [0.4, 0.5) is 0 Å². The zero-order valence-corrected chi connectivity index (χ0v) is 12.6. The van der Waals surface area contributed by atoms with Crippen molar-refractivity contribution in [2.24, 2.45) is 0 Å². The molecule has 0 fully saturated rings. The van der Waals surface area contributed by atoms with Gasteiger partial charge in [0.15, 0.2) is 0 Å². The molecular weight excluding hydrogens is 264 g/mol. The van der Waals surface area contributed by atoms with E-state index in [2.05, 4.69) is 6.92 Å². The summed E-state index contributed by atoms with van der Waals surface area (Å²) in [6, 6.07) is 15.4. The van der Waals surface area contributed by atoms with E-state index in [0.717, 1.165) is 28.9 Å². The third kappa shape index (κ3) is 4.31. The number of rotatable bonds is 7. The van der Waals surface area contributed by atoms with Crippen molar-refractivity contribution in [1.82, 2.24) is 0 Å². The molecular formula is C18H22O3. The van der Waals surface area contributed by atoms with Crippen molar-refractivity contribution in [3.8, 4) is 5.75 Å². The van der Waals surface area contributed by atoms with E-state index in [4.69, 9.17) is 9.47 Å². The van der Waals surface area contributed by atoms with Gasteiger partial charge in [-0.3, -0.25) is 0 Å². The first-order chi connectivity index (χ1) is 10.2. The monoisotopic (exact) mass is 286 g/mol. The molecule has 0 aromatic heterocycles. The van der Waals surface area contributed by atoms with Gasteiger partial charge in [0.1, 0.15) is 11.9 Å². The summed E-state index contributed by atoms with van der Waals surface area (Å²) in [5.74, 6) is 0.836. The summed E-state index contributed by atoms with van der Waals surface area (Å²) in [7, 11) is 1.67. The van der Waals surface area contributed by atoms with Crippen molar-refractivity contribution in [2.75, 3.05) is 13.7 Å². The lowest BCUT2D eigenvalue weighted by Gasteiger charge is -2.13. The Labute approximate surface area is 126 Å². The van der Waals surface area contributed by atoms with E-state index >= 15 is 0 Å². The number of methoxy groups -OCH3 is 1. The lowest BCUT2D eigenvalue weighted by Crippen LogP contribution is -2.01. The van der Waals surface area contributed by atoms with Gasteiger partial charge in [0, 0.05) is 7.11 Å². The van der Waals surface area contributed by atoms with Gasteiger partial charge in [-0.15, -0.1) is 0 Å². The first-order valence-electron chi connectivity index (χ1n) is 7.23. The van der Waals surface area contributed by atoms with Gasteiger partial charge in [-0.2, -0.15) is 0 Å². The van der Waals surface area contributed by atoms with Crippen molar-refractivity contribution in [1.29, 1.82) is 0 Å². The lowest BCUT2D eigenvalue weighted by molar-refractivity contribution is 0.184. The number of hydrogen-bond acceptors (Lipinski definition) is 3. The summed E-state index contributed by atoms with van der Waals surface area (Å²) >= 11 is 0. The molecule has 3 heteroatoms. The van der Waals surface area contributed by atoms with Crippen LogP contribution in [0.15, 0.2) is 48.5 Å². The van der Waals surface area contributed by atoms with Gasteiger partial charge < -0.3 is 14.6 Å². The Morgan fingerprint density at radius 3 is 2.05 bits per heavy atom. The Morgan fingerprint density at radius 2 is 1.52 bits per heavy atom. The maximum Gasteiger partial charge on any atom is 0.119 e. The quantitative estimate of drug-likeness (QED) is 0.843. The Bertz CT molecular complexity index is 531. The van der Waals surface area contributed by atoms with Crippen molar-refractivity contribution < 1.29 is 14.6 Å². The average molecular weight is 286 g/mol. The molecule has 2 aromatic rings. The van der Waals surface area contributed by atoms with Crippen LogP contribution in [0.3, 0.4) is 0 Å². The molecule has 2 aromatic carbocycles. The minimum atomic E-state index is -0.623. The summed E-state index contributed by atoms with van der Waals surface area (Å²) < 4.78 is 10.6. The van der Waals surface area contributed by atoms with Crippen molar-refractivity contribution in [3.05, 3.63) is 65.2 Å². The maximum atomic E-state index is 10.4. The Kier molecular flexibility index (Phi) is 5.78. The molecule has 21 heavy (non-hydrogen) atoms. The largest absolute Gasteiger partial charge is 0.494 e. The molecule has 0 amide bonds. The van der Waals surface area contributed by atoms with E-state index in [9.17, 15) is 5.11 Å². The third-order valence-corrected chi connectivity index (χ3v) is 3.28. The Balaban J connectivity index is 2.06. The van der Waals surface area contributed by atoms with Crippen LogP contribution in [0, 0.1) is 0 Å². The highest BCUT2D eigenvalue weighted by Crippen LogP contribution is 2.24. The standard InChI is InChI=1S/C18H22O3/c1-3-12-21-17-10-8-16(9-11-17)18(19)15-6-4-14(5-7-15)13-20-2/h4-11,18-19H,3,12-13H2,1-2H3. The van der Waals surface area contributed by atoms with Crippen LogP contribution in [-0.4, -0.2) is 18.8 Å². The normalized spacial score (nSPS) is 12.1. The second-order valence-electron chi connectivity index (χ2n) is 4.99. The third-order valence-electron chi connectivity index (χ3n) is 3.28. The Hall–Kier alpha value is -1.84. The molecule has 0 saturated heterocycles. The molecule has 0 aliphatic carbocycles. The fraction of sp³-hybridized carbons (Fsp3) is 0.333. The van der Waals surface area contributed by atoms with E-state index in [0.29, 0.717) is 13.2 Å². The zero-order chi connectivity index (χ0) is 15.1. The van der Waals surface area contributed by atoms with Crippen molar-refractivity contribution >= 4 is 0 Å². The highest BCUT2D eigenvalue weighted by Gasteiger charge is 2.10. The number of benzene rings is 2. The van der Waals surface area contributed by atoms with Gasteiger partial charge in [0.05, 0.1) is 13.2 Å². The first-order valence-corrected chi connectivity index (χ1v) is 7.23. The van der Waals surface area contributed by atoms with E-state index in [1.165, 1.54) is 0 Å². The van der Waals surface area contributed by atoms with Gasteiger partial charge in [0.25, 0.3) is 0 Å². The molecule has 0 saturated carbocycles. The molecule has 0 radical (unpaired) electrons. The van der Waals surface area contributed by atoms with Crippen LogP contribution in [0.2, 0.25) is 0 Å². The summed E-state index contributed by atoms with van der Waals surface area (Å²) in [6.45, 7) is 3.37. The topological polar surface area (TPSA) is 38.7 Å². The SMILES string of the molecule is CCCOc1ccc(C(O)c2ccc(COC)cc2)cc1. The first kappa shape index (κ1) is 15.5. The molecule has 3 nitrogen and oxygen atoms in total. The summed E-state index contributed by atoms with van der Waals surface area (Å²) in [4.78, 5) is 0. The van der Waals surface area contributed by atoms with Gasteiger partial charge >= 0.3 is 0 Å². The van der Waals surface area contributed by atoms with Gasteiger partial charge in [-0.05, 0) is 35.2 Å². The minimum absolute atomic E-state index is 0.583. The van der Waals surface area contributed by atoms with Gasteiger partial charge in [-0.1, -0.05) is 43.3 Å². The van der Waals surface area contributed by atoms with E-state index in [1.54, 1.807) is 7.11 Å². The molecule has 0 bridgehead atoms. The van der Waals surface area contributed by atoms with Crippen LogP contribution < -0.4 is 4.74 Å². The smallest absolute Gasteiger partial charge is 0.119 e. The predicted molar refractivity (Wildman–Crippen MR) is 83.4 cm³/mol. The number of ether oxygens (including phenoxy) is 2. The predicted octanol–water partition coefficient (Wildman–Crippen LogP) is 3.70. The van der Waals surface area contributed by atoms with Crippen LogP contribution in [0.5, 0.6) is 5.75 Å². The molecule has 0 heterocycles. The van der Waals surface area contributed by atoms with Crippen LogP contribution >= 0.6 is 0 Å². The fourth-order valence-electron chi connectivity index (χ4n) is 2.12. The van der Waals surface area contributed by atoms with Crippen LogP contribution in [-0.2, 0) is 11.3 Å². The molecule has 112 valence electrons. The van der Waals surface area contributed by atoms with Gasteiger partial charge in [0.2, 0.25) is 0 Å².